The minimum Gasteiger partial charge on any atom is -0.493 e. The Morgan fingerprint density at radius 3 is 2.94 bits per heavy atom. The highest BCUT2D eigenvalue weighted by Gasteiger charge is 2.33. The molecule has 102 valence electrons. The van der Waals surface area contributed by atoms with Crippen LogP contribution in [0.4, 0.5) is 0 Å². The number of methoxy groups -OCH3 is 1. The molecule has 1 aliphatic heterocycles. The molecule has 0 spiro atoms. The van der Waals surface area contributed by atoms with Gasteiger partial charge in [0.2, 0.25) is 0 Å². The molecule has 5 heteroatoms. The monoisotopic (exact) mass is 253 g/mol. The normalized spacial score (nSPS) is 25.3. The van der Waals surface area contributed by atoms with Crippen molar-refractivity contribution in [2.45, 2.75) is 39.0 Å². The highest BCUT2D eigenvalue weighted by Crippen LogP contribution is 2.35. The van der Waals surface area contributed by atoms with Gasteiger partial charge in [-0.2, -0.15) is 5.10 Å². The summed E-state index contributed by atoms with van der Waals surface area (Å²) in [4.78, 5) is 0. The third kappa shape index (κ3) is 2.37. The number of hydrogen-bond acceptors (Lipinski definition) is 4. The van der Waals surface area contributed by atoms with Crippen LogP contribution < -0.4 is 10.1 Å². The molecule has 1 N–H and O–H groups in total. The zero-order valence-electron chi connectivity index (χ0n) is 11.6. The molecule has 1 aliphatic rings. The van der Waals surface area contributed by atoms with Crippen molar-refractivity contribution in [3.63, 3.8) is 0 Å². The second kappa shape index (κ2) is 5.71. The Bertz CT molecular complexity index is 370. The van der Waals surface area contributed by atoms with Crippen molar-refractivity contribution in [1.82, 2.24) is 15.1 Å². The molecule has 2 rings (SSSR count). The maximum Gasteiger partial charge on any atom is 0.161 e. The van der Waals surface area contributed by atoms with Gasteiger partial charge < -0.3 is 14.8 Å². The van der Waals surface area contributed by atoms with Gasteiger partial charge in [0.1, 0.15) is 0 Å². The largest absolute Gasteiger partial charge is 0.493 e. The maximum absolute atomic E-state index is 5.68. The van der Waals surface area contributed by atoms with E-state index in [1.807, 2.05) is 11.7 Å². The summed E-state index contributed by atoms with van der Waals surface area (Å²) < 4.78 is 13.1. The molecule has 0 aromatic carbocycles. The van der Waals surface area contributed by atoms with Gasteiger partial charge in [-0.15, -0.1) is 0 Å². The molecule has 0 saturated carbocycles. The Labute approximate surface area is 108 Å². The van der Waals surface area contributed by atoms with Gasteiger partial charge in [0.25, 0.3) is 0 Å². The van der Waals surface area contributed by atoms with Gasteiger partial charge in [-0.3, -0.25) is 4.68 Å². The predicted molar refractivity (Wildman–Crippen MR) is 69.8 cm³/mol. The molecule has 0 amide bonds. The van der Waals surface area contributed by atoms with E-state index in [1.165, 1.54) is 0 Å². The van der Waals surface area contributed by atoms with Gasteiger partial charge in [0.05, 0.1) is 37.8 Å². The summed E-state index contributed by atoms with van der Waals surface area (Å²) in [5.41, 5.74) is 1.13. The Morgan fingerprint density at radius 1 is 1.67 bits per heavy atom. The number of ether oxygens (including phenoxy) is 2. The summed E-state index contributed by atoms with van der Waals surface area (Å²) in [7, 11) is 3.68. The molecule has 0 aliphatic carbocycles. The van der Waals surface area contributed by atoms with Crippen LogP contribution in [-0.4, -0.2) is 36.6 Å². The van der Waals surface area contributed by atoms with E-state index in [-0.39, 0.29) is 6.04 Å². The van der Waals surface area contributed by atoms with E-state index < -0.39 is 0 Å². The van der Waals surface area contributed by atoms with Crippen molar-refractivity contribution in [2.75, 3.05) is 20.8 Å². The fourth-order valence-corrected chi connectivity index (χ4v) is 2.78. The van der Waals surface area contributed by atoms with Gasteiger partial charge in [-0.05, 0) is 27.3 Å². The van der Waals surface area contributed by atoms with Crippen molar-refractivity contribution in [3.8, 4) is 5.75 Å². The van der Waals surface area contributed by atoms with Crippen LogP contribution in [0, 0.1) is 5.92 Å². The summed E-state index contributed by atoms with van der Waals surface area (Å²) in [6.45, 7) is 5.86. The number of hydrogen-bond donors (Lipinski definition) is 1. The molecule has 1 aromatic rings. The first kappa shape index (κ1) is 13.4. The van der Waals surface area contributed by atoms with Gasteiger partial charge in [0, 0.05) is 12.5 Å². The van der Waals surface area contributed by atoms with Gasteiger partial charge in [-0.25, -0.2) is 0 Å². The fraction of sp³-hybridized carbons (Fsp3) is 0.769. The van der Waals surface area contributed by atoms with Gasteiger partial charge in [0.15, 0.2) is 5.75 Å². The SMILES string of the molecule is CCn1ncc(OC)c1C(NC)C1COC(C)C1. The average Bonchev–Trinajstić information content (AvgIpc) is 2.97. The highest BCUT2D eigenvalue weighted by atomic mass is 16.5. The first-order valence-electron chi connectivity index (χ1n) is 6.59. The van der Waals surface area contributed by atoms with Crippen molar-refractivity contribution < 1.29 is 9.47 Å². The Balaban J connectivity index is 2.28. The number of rotatable bonds is 5. The first-order chi connectivity index (χ1) is 8.71. The van der Waals surface area contributed by atoms with Crippen LogP contribution in [0.3, 0.4) is 0 Å². The second-order valence-corrected chi connectivity index (χ2v) is 4.82. The number of nitrogens with one attached hydrogen (secondary N) is 1. The van der Waals surface area contributed by atoms with Crippen LogP contribution in [0.15, 0.2) is 6.20 Å². The molecule has 0 bridgehead atoms. The lowest BCUT2D eigenvalue weighted by Gasteiger charge is -2.23. The molecule has 3 unspecified atom stereocenters. The minimum atomic E-state index is 0.229. The maximum atomic E-state index is 5.68. The zero-order chi connectivity index (χ0) is 13.1. The lowest BCUT2D eigenvalue weighted by Crippen LogP contribution is -2.28. The van der Waals surface area contributed by atoms with E-state index in [2.05, 4.69) is 24.3 Å². The molecule has 18 heavy (non-hydrogen) atoms. The Kier molecular flexibility index (Phi) is 4.24. The van der Waals surface area contributed by atoms with Crippen molar-refractivity contribution >= 4 is 0 Å². The van der Waals surface area contributed by atoms with E-state index in [4.69, 9.17) is 9.47 Å². The van der Waals surface area contributed by atoms with Gasteiger partial charge in [-0.1, -0.05) is 0 Å². The van der Waals surface area contributed by atoms with Crippen molar-refractivity contribution in [3.05, 3.63) is 11.9 Å². The standard InChI is InChI=1S/C13H23N3O2/c1-5-16-13(11(17-4)7-15-16)12(14-3)10-6-9(2)18-8-10/h7,9-10,12,14H,5-6,8H2,1-4H3. The Morgan fingerprint density at radius 2 is 2.44 bits per heavy atom. The number of aryl methyl sites for hydroxylation is 1. The first-order valence-corrected chi connectivity index (χ1v) is 6.59. The average molecular weight is 253 g/mol. The van der Waals surface area contributed by atoms with E-state index in [0.29, 0.717) is 12.0 Å². The molecule has 3 atom stereocenters. The lowest BCUT2D eigenvalue weighted by molar-refractivity contribution is 0.116. The van der Waals surface area contributed by atoms with E-state index in [1.54, 1.807) is 13.3 Å². The van der Waals surface area contributed by atoms with Crippen LogP contribution in [0.1, 0.15) is 32.0 Å². The fourth-order valence-electron chi connectivity index (χ4n) is 2.78. The van der Waals surface area contributed by atoms with E-state index in [0.717, 1.165) is 31.0 Å². The number of aromatic nitrogens is 2. The van der Waals surface area contributed by atoms with E-state index in [9.17, 15) is 0 Å². The molecule has 0 radical (unpaired) electrons. The Hall–Kier alpha value is -1.07. The number of nitrogens with zero attached hydrogens (tertiary/aromatic N) is 2. The third-order valence-corrected chi connectivity index (χ3v) is 3.67. The summed E-state index contributed by atoms with van der Waals surface area (Å²) in [6.07, 6.45) is 3.21. The quantitative estimate of drug-likeness (QED) is 0.866. The van der Waals surface area contributed by atoms with Crippen LogP contribution in [-0.2, 0) is 11.3 Å². The van der Waals surface area contributed by atoms with E-state index >= 15 is 0 Å². The van der Waals surface area contributed by atoms with Crippen LogP contribution in [0.5, 0.6) is 5.75 Å². The third-order valence-electron chi connectivity index (χ3n) is 3.67. The molecule has 1 saturated heterocycles. The van der Waals surface area contributed by atoms with Crippen LogP contribution in [0.25, 0.3) is 0 Å². The highest BCUT2D eigenvalue weighted by molar-refractivity contribution is 5.29. The molecule has 5 nitrogen and oxygen atoms in total. The molecule has 1 fully saturated rings. The second-order valence-electron chi connectivity index (χ2n) is 4.82. The molecule has 1 aromatic heterocycles. The van der Waals surface area contributed by atoms with Crippen LogP contribution >= 0.6 is 0 Å². The lowest BCUT2D eigenvalue weighted by atomic mass is 9.94. The topological polar surface area (TPSA) is 48.3 Å². The zero-order valence-corrected chi connectivity index (χ0v) is 11.6. The minimum absolute atomic E-state index is 0.229. The van der Waals surface area contributed by atoms with Crippen molar-refractivity contribution in [2.24, 2.45) is 5.92 Å². The molecular formula is C13H23N3O2. The summed E-state index contributed by atoms with van der Waals surface area (Å²) in [5.74, 6) is 1.33. The van der Waals surface area contributed by atoms with Crippen LogP contribution in [0.2, 0.25) is 0 Å². The van der Waals surface area contributed by atoms with Gasteiger partial charge >= 0.3 is 0 Å². The molecular weight excluding hydrogens is 230 g/mol. The summed E-state index contributed by atoms with van der Waals surface area (Å²) >= 11 is 0. The van der Waals surface area contributed by atoms with Crippen molar-refractivity contribution in [1.29, 1.82) is 0 Å². The molecule has 2 heterocycles. The summed E-state index contributed by atoms with van der Waals surface area (Å²) in [6, 6.07) is 0.229. The summed E-state index contributed by atoms with van der Waals surface area (Å²) in [5, 5.41) is 7.77. The predicted octanol–water partition coefficient (Wildman–Crippen LogP) is 1.60. The smallest absolute Gasteiger partial charge is 0.161 e.